The number of hydrogen-bond donors (Lipinski definition) is 0. The first-order chi connectivity index (χ1) is 37.1. The van der Waals surface area contributed by atoms with Gasteiger partial charge in [0.05, 0.1) is 16.9 Å². The van der Waals surface area contributed by atoms with Gasteiger partial charge in [0, 0.05) is 13.0 Å². The summed E-state index contributed by atoms with van der Waals surface area (Å²) >= 11 is 0. The normalized spacial score (nSPS) is 21.5. The molecule has 28 aromatic rings. The van der Waals surface area contributed by atoms with E-state index in [0.717, 1.165) is 13.0 Å². The van der Waals surface area contributed by atoms with Gasteiger partial charge in [-0.2, -0.15) is 0 Å². The predicted octanol–water partition coefficient (Wildman–Crippen LogP) is 20.3. The van der Waals surface area contributed by atoms with Gasteiger partial charge in [-0.25, -0.2) is 0 Å². The Bertz CT molecular complexity index is 7100. The third kappa shape index (κ3) is 1.82. The second-order valence-corrected chi connectivity index (χ2v) is 27.8. The average Bonchev–Trinajstić information content (AvgIpc) is 2.36. The lowest BCUT2D eigenvalue weighted by Crippen LogP contribution is -2.58. The highest BCUT2D eigenvalue weighted by Crippen LogP contribution is 2.85. The molecule has 0 fully saturated rings. The Morgan fingerprint density at radius 2 is 0.520 bits per heavy atom. The number of ether oxygens (including phenoxy) is 1. The Hall–Kier alpha value is -8.02. The van der Waals surface area contributed by atoms with E-state index < -0.39 is 10.8 Å². The highest BCUT2D eigenvalue weighted by molar-refractivity contribution is 6.82. The standard InChI is InChI=1S/C74H26O/c1-5-6-7-8-9-10-11-73-69-61-53-43-33-25-17-15-16-19-23-21(17)29-37-31(23)41-35-27(19)28-20(16)24-22-18(15)26(25)34-40-30(22)38-32(24)42-36(28)46-45(35)57-51(41)59-49(37)55(47(53)39(29)33)63(69)65(59)71-67(57)68-58(46)52(42)60-50(38)56-48(40)54(44(34)43)62(61)70(73)64(56)66(60)72(68)74(71,73)14(4)75-12-13(2)3/h13-14H,5-9,12H2,1-4H3. The largest absolute Gasteiger partial charge is 0.377 e. The van der Waals surface area contributed by atoms with Gasteiger partial charge >= 0.3 is 0 Å². The second kappa shape index (κ2) is 7.48. The molecule has 0 aliphatic heterocycles. The van der Waals surface area contributed by atoms with Crippen LogP contribution >= 0.6 is 0 Å². The van der Waals surface area contributed by atoms with Crippen molar-refractivity contribution >= 4 is 291 Å². The molecule has 75 heavy (non-hydrogen) atoms. The van der Waals surface area contributed by atoms with Crippen molar-refractivity contribution in [2.24, 2.45) is 5.92 Å². The van der Waals surface area contributed by atoms with Crippen LogP contribution in [0.2, 0.25) is 0 Å². The van der Waals surface area contributed by atoms with Crippen LogP contribution in [-0.4, -0.2) is 12.7 Å². The Labute approximate surface area is 416 Å². The van der Waals surface area contributed by atoms with Gasteiger partial charge in [-0.1, -0.05) is 46.0 Å². The van der Waals surface area contributed by atoms with Crippen LogP contribution in [0.5, 0.6) is 0 Å². The summed E-state index contributed by atoms with van der Waals surface area (Å²) in [6, 6.07) is 0. The average molecular weight is 931 g/mol. The first-order valence-electron chi connectivity index (χ1n) is 29.0. The maximum Gasteiger partial charge on any atom is 0.0999 e. The Kier molecular flexibility index (Phi) is 3.09. The molecule has 0 spiro atoms. The van der Waals surface area contributed by atoms with Crippen LogP contribution in [0.15, 0.2) is 0 Å². The number of unbranched alkanes of at least 4 members (excludes halogenated alkanes) is 4. The molecule has 32 rings (SSSR count). The smallest absolute Gasteiger partial charge is 0.0999 e. The van der Waals surface area contributed by atoms with E-state index in [0.29, 0.717) is 5.92 Å². The Morgan fingerprint density at radius 3 is 0.747 bits per heavy atom. The highest BCUT2D eigenvalue weighted by atomic mass is 16.5. The topological polar surface area (TPSA) is 9.23 Å². The van der Waals surface area contributed by atoms with E-state index in [-0.39, 0.29) is 6.10 Å². The third-order valence-corrected chi connectivity index (χ3v) is 26.1. The molecule has 4 aliphatic carbocycles. The molecule has 1 heteroatoms. The summed E-state index contributed by atoms with van der Waals surface area (Å²) in [6.45, 7) is 10.4. The summed E-state index contributed by atoms with van der Waals surface area (Å²) in [5.41, 5.74) is 5.36. The number of benzene rings is 18. The third-order valence-electron chi connectivity index (χ3n) is 26.1. The zero-order valence-electron chi connectivity index (χ0n) is 40.8. The molecular formula is C74H26O. The molecule has 0 radical (unpaired) electrons. The van der Waals surface area contributed by atoms with Gasteiger partial charge in [-0.15, -0.1) is 5.92 Å². The van der Waals surface area contributed by atoms with Crippen LogP contribution in [0, 0.1) is 17.8 Å². The molecular weight excluding hydrogens is 905 g/mol. The minimum Gasteiger partial charge on any atom is -0.377 e. The summed E-state index contributed by atoms with van der Waals surface area (Å²) in [5, 5.41) is 88.4. The van der Waals surface area contributed by atoms with Crippen LogP contribution in [0.1, 0.15) is 82.1 Å². The van der Waals surface area contributed by atoms with Crippen molar-refractivity contribution in [2.45, 2.75) is 76.7 Å². The molecule has 0 bridgehead atoms. The van der Waals surface area contributed by atoms with Gasteiger partial charge in [0.25, 0.3) is 0 Å². The van der Waals surface area contributed by atoms with Crippen molar-refractivity contribution in [1.29, 1.82) is 0 Å². The fourth-order valence-electron chi connectivity index (χ4n) is 25.5. The maximum atomic E-state index is 7.91. The molecule has 0 N–H and O–H groups in total. The van der Waals surface area contributed by atoms with Crippen molar-refractivity contribution in [1.82, 2.24) is 0 Å². The lowest BCUT2D eigenvalue weighted by atomic mass is 9.47. The lowest BCUT2D eigenvalue weighted by molar-refractivity contribution is -0.00367. The van der Waals surface area contributed by atoms with Crippen molar-refractivity contribution in [3.8, 4) is 11.8 Å². The highest BCUT2D eigenvalue weighted by Gasteiger charge is 2.71. The van der Waals surface area contributed by atoms with E-state index >= 15 is 0 Å². The van der Waals surface area contributed by atoms with Crippen molar-refractivity contribution in [2.75, 3.05) is 6.61 Å². The first-order valence-corrected chi connectivity index (χ1v) is 29.0. The van der Waals surface area contributed by atoms with E-state index in [1.807, 2.05) is 0 Å². The van der Waals surface area contributed by atoms with Crippen LogP contribution in [0.25, 0.3) is 291 Å². The summed E-state index contributed by atoms with van der Waals surface area (Å²) in [7, 11) is 0. The molecule has 1 atom stereocenters. The second-order valence-electron chi connectivity index (χ2n) is 27.8. The quantitative estimate of drug-likeness (QED) is 0.0838. The first kappa shape index (κ1) is 31.0. The fraction of sp³-hybridized carbons (Fsp3) is 0.189. The van der Waals surface area contributed by atoms with Crippen molar-refractivity contribution in [3.05, 3.63) is 22.3 Å². The Morgan fingerprint density at radius 1 is 0.293 bits per heavy atom. The molecule has 0 heterocycles. The molecule has 0 amide bonds. The molecule has 0 saturated carbocycles. The van der Waals surface area contributed by atoms with Gasteiger partial charge in [0.15, 0.2) is 0 Å². The van der Waals surface area contributed by atoms with Crippen LogP contribution in [0.3, 0.4) is 0 Å². The van der Waals surface area contributed by atoms with Crippen molar-refractivity contribution < 1.29 is 4.74 Å². The number of rotatable bonds is 8. The SMILES string of the molecule is CCCCCCC#CC12c3c4c5c6c7c8c(c9c%10c1c1c3c3c%11c4c4c5c5c7c7c%12c8c8c9c9c%10c%10c1c1c3c3c%11c%11c4c4c5c7c5c7c%12c8c8c9c9c%10c1c1c3c3c%11c4c5c4c7c8c9c1c34)C62C(C)OCC(C)C. The zero-order valence-corrected chi connectivity index (χ0v) is 40.8. The molecule has 1 unspecified atom stereocenters. The van der Waals surface area contributed by atoms with Gasteiger partial charge < -0.3 is 4.74 Å². The molecule has 1 nitrogen and oxygen atoms in total. The molecule has 328 valence electrons. The van der Waals surface area contributed by atoms with E-state index in [1.165, 1.54) is 25.7 Å². The summed E-state index contributed by atoms with van der Waals surface area (Å²) in [5.74, 6) is 9.45. The van der Waals surface area contributed by atoms with Gasteiger partial charge in [0.1, 0.15) is 0 Å². The van der Waals surface area contributed by atoms with Gasteiger partial charge in [-0.3, -0.25) is 0 Å². The summed E-state index contributed by atoms with van der Waals surface area (Å²) in [6.07, 6.45) is 5.78. The molecule has 4 aliphatic rings. The summed E-state index contributed by atoms with van der Waals surface area (Å²) < 4.78 is 7.91. The fourth-order valence-corrected chi connectivity index (χ4v) is 25.5. The zero-order chi connectivity index (χ0) is 46.0. The van der Waals surface area contributed by atoms with Crippen LogP contribution < -0.4 is 0 Å². The van der Waals surface area contributed by atoms with Crippen LogP contribution in [0.4, 0.5) is 0 Å². The molecule has 28 aromatic carbocycles. The van der Waals surface area contributed by atoms with Gasteiger partial charge in [-0.05, 0) is 332 Å². The van der Waals surface area contributed by atoms with Crippen molar-refractivity contribution in [3.63, 3.8) is 0 Å². The van der Waals surface area contributed by atoms with Gasteiger partial charge in [0.2, 0.25) is 0 Å². The van der Waals surface area contributed by atoms with E-state index in [1.54, 1.807) is 313 Å². The monoisotopic (exact) mass is 930 g/mol. The molecule has 0 aromatic heterocycles. The van der Waals surface area contributed by atoms with Crippen LogP contribution in [-0.2, 0) is 15.6 Å². The lowest BCUT2D eigenvalue weighted by Gasteiger charge is -2.54. The minimum absolute atomic E-state index is 0.120. The van der Waals surface area contributed by atoms with E-state index in [4.69, 9.17) is 10.7 Å². The maximum absolute atomic E-state index is 7.91. The van der Waals surface area contributed by atoms with E-state index in [9.17, 15) is 0 Å². The summed E-state index contributed by atoms with van der Waals surface area (Å²) in [4.78, 5) is 0. The Balaban J connectivity index is 1.12. The molecule has 0 saturated heterocycles. The van der Waals surface area contributed by atoms with E-state index in [2.05, 4.69) is 33.6 Å². The minimum atomic E-state index is -0.625. The number of hydrogen-bond acceptors (Lipinski definition) is 1. The predicted molar refractivity (Wildman–Crippen MR) is 321 cm³/mol.